The van der Waals surface area contributed by atoms with Crippen LogP contribution < -0.4 is 0 Å². The van der Waals surface area contributed by atoms with Gasteiger partial charge >= 0.3 is 0 Å². The average Bonchev–Trinajstić information content (AvgIpc) is 2.89. The van der Waals surface area contributed by atoms with Gasteiger partial charge in [-0.1, -0.05) is 30.3 Å². The molecule has 1 aromatic heterocycles. The van der Waals surface area contributed by atoms with Gasteiger partial charge in [-0.15, -0.1) is 0 Å². The first-order valence-electron chi connectivity index (χ1n) is 6.87. The molecule has 1 heterocycles. The Hall–Kier alpha value is -2.40. The number of imidazole rings is 1. The van der Waals surface area contributed by atoms with Gasteiger partial charge in [-0.25, -0.2) is 13.4 Å². The molecule has 0 fully saturated rings. The highest BCUT2D eigenvalue weighted by Crippen LogP contribution is 2.23. The Morgan fingerprint density at radius 2 is 1.59 bits per heavy atom. The predicted octanol–water partition coefficient (Wildman–Crippen LogP) is 3.25. The predicted molar refractivity (Wildman–Crippen MR) is 86.8 cm³/mol. The highest BCUT2D eigenvalue weighted by Gasteiger charge is 2.11. The second-order valence-electron chi connectivity index (χ2n) is 5.21. The van der Waals surface area contributed by atoms with E-state index in [2.05, 4.69) is 4.98 Å². The Kier molecular flexibility index (Phi) is 3.58. The molecule has 0 N–H and O–H groups in total. The molecule has 3 rings (SSSR count). The first-order valence-corrected chi connectivity index (χ1v) is 8.76. The topological polar surface area (TPSA) is 52.0 Å². The van der Waals surface area contributed by atoms with Gasteiger partial charge < -0.3 is 0 Å². The van der Waals surface area contributed by atoms with Crippen molar-refractivity contribution in [3.05, 3.63) is 66.5 Å². The lowest BCUT2D eigenvalue weighted by atomic mass is 10.2. The van der Waals surface area contributed by atoms with E-state index in [0.29, 0.717) is 4.90 Å². The number of hydrogen-bond donors (Lipinski definition) is 0. The van der Waals surface area contributed by atoms with Crippen LogP contribution in [0, 0.1) is 6.92 Å². The highest BCUT2D eigenvalue weighted by molar-refractivity contribution is 7.90. The van der Waals surface area contributed by atoms with Crippen LogP contribution in [0.5, 0.6) is 0 Å². The van der Waals surface area contributed by atoms with Gasteiger partial charge in [-0.2, -0.15) is 0 Å². The Bertz CT molecular complexity index is 896. The average molecular weight is 312 g/mol. The van der Waals surface area contributed by atoms with Crippen molar-refractivity contribution >= 4 is 9.84 Å². The van der Waals surface area contributed by atoms with E-state index in [1.165, 1.54) is 6.26 Å². The molecule has 0 aliphatic rings. The quantitative estimate of drug-likeness (QED) is 0.746. The zero-order valence-electron chi connectivity index (χ0n) is 12.4. The van der Waals surface area contributed by atoms with E-state index in [1.807, 2.05) is 48.0 Å². The largest absolute Gasteiger partial charge is 0.300 e. The summed E-state index contributed by atoms with van der Waals surface area (Å²) in [5, 5.41) is 0. The molecule has 0 aliphatic carbocycles. The van der Waals surface area contributed by atoms with Crippen LogP contribution >= 0.6 is 0 Å². The molecule has 0 unspecified atom stereocenters. The van der Waals surface area contributed by atoms with Crippen LogP contribution in [0.3, 0.4) is 0 Å². The smallest absolute Gasteiger partial charge is 0.175 e. The maximum Gasteiger partial charge on any atom is 0.175 e. The Labute approximate surface area is 130 Å². The molecule has 22 heavy (non-hydrogen) atoms. The van der Waals surface area contributed by atoms with Gasteiger partial charge in [0.05, 0.1) is 10.6 Å². The fourth-order valence-corrected chi connectivity index (χ4v) is 2.97. The summed E-state index contributed by atoms with van der Waals surface area (Å²) in [5.41, 5.74) is 2.81. The molecule has 5 heteroatoms. The van der Waals surface area contributed by atoms with Gasteiger partial charge in [-0.3, -0.25) is 4.57 Å². The molecule has 4 nitrogen and oxygen atoms in total. The molecule has 0 bridgehead atoms. The molecule has 0 aliphatic heterocycles. The molecule has 2 aromatic carbocycles. The number of rotatable bonds is 3. The third-order valence-corrected chi connectivity index (χ3v) is 4.53. The molecular formula is C17H16N2O2S. The molecule has 0 saturated heterocycles. The lowest BCUT2D eigenvalue weighted by Gasteiger charge is -2.08. The molecule has 0 saturated carbocycles. The Morgan fingerprint density at radius 1 is 0.955 bits per heavy atom. The van der Waals surface area contributed by atoms with E-state index in [-0.39, 0.29) is 0 Å². The third kappa shape index (κ3) is 2.80. The van der Waals surface area contributed by atoms with Crippen LogP contribution in [0.2, 0.25) is 0 Å². The number of aromatic nitrogens is 2. The first kappa shape index (κ1) is 14.5. The molecule has 3 aromatic rings. The summed E-state index contributed by atoms with van der Waals surface area (Å²) < 4.78 is 25.1. The van der Waals surface area contributed by atoms with Crippen molar-refractivity contribution in [2.45, 2.75) is 11.8 Å². The van der Waals surface area contributed by atoms with Crippen LogP contribution in [0.1, 0.15) is 5.69 Å². The molecule has 0 spiro atoms. The van der Waals surface area contributed by atoms with Crippen molar-refractivity contribution < 1.29 is 8.42 Å². The highest BCUT2D eigenvalue weighted by atomic mass is 32.2. The number of benzene rings is 2. The first-order chi connectivity index (χ1) is 10.4. The van der Waals surface area contributed by atoms with Crippen LogP contribution in [-0.4, -0.2) is 24.2 Å². The van der Waals surface area contributed by atoms with Gasteiger partial charge in [0.1, 0.15) is 5.82 Å². The lowest BCUT2D eigenvalue weighted by molar-refractivity contribution is 0.602. The van der Waals surface area contributed by atoms with Crippen molar-refractivity contribution in [1.82, 2.24) is 9.55 Å². The van der Waals surface area contributed by atoms with Crippen LogP contribution in [-0.2, 0) is 9.84 Å². The summed E-state index contributed by atoms with van der Waals surface area (Å²) in [7, 11) is -3.18. The minimum absolute atomic E-state index is 0.314. The second kappa shape index (κ2) is 5.42. The number of nitrogens with zero attached hydrogens (tertiary/aromatic N) is 2. The van der Waals surface area contributed by atoms with Crippen molar-refractivity contribution in [2.24, 2.45) is 0 Å². The zero-order valence-corrected chi connectivity index (χ0v) is 13.2. The lowest BCUT2D eigenvalue weighted by Crippen LogP contribution is -1.99. The fourth-order valence-electron chi connectivity index (χ4n) is 2.34. The second-order valence-corrected chi connectivity index (χ2v) is 7.22. The van der Waals surface area contributed by atoms with Gasteiger partial charge in [0, 0.05) is 23.7 Å². The minimum Gasteiger partial charge on any atom is -0.300 e. The summed E-state index contributed by atoms with van der Waals surface area (Å²) in [6.07, 6.45) is 3.15. The van der Waals surface area contributed by atoms with E-state index in [0.717, 1.165) is 22.8 Å². The summed E-state index contributed by atoms with van der Waals surface area (Å²) in [6.45, 7) is 1.94. The molecular weight excluding hydrogens is 296 g/mol. The van der Waals surface area contributed by atoms with Gasteiger partial charge in [0.15, 0.2) is 9.84 Å². The van der Waals surface area contributed by atoms with Crippen molar-refractivity contribution in [3.8, 4) is 17.1 Å². The van der Waals surface area contributed by atoms with Crippen molar-refractivity contribution in [2.75, 3.05) is 6.26 Å². The van der Waals surface area contributed by atoms with E-state index in [9.17, 15) is 8.42 Å². The van der Waals surface area contributed by atoms with Gasteiger partial charge in [0.25, 0.3) is 0 Å². The Morgan fingerprint density at radius 3 is 2.18 bits per heavy atom. The SMILES string of the molecule is Cc1cn(-c2ccc(S(C)(=O)=O)cc2)c(-c2ccccc2)n1. The fraction of sp³-hybridized carbons (Fsp3) is 0.118. The summed E-state index contributed by atoms with van der Waals surface area (Å²) in [5.74, 6) is 0.838. The van der Waals surface area contributed by atoms with Gasteiger partial charge in [-0.05, 0) is 31.2 Å². The van der Waals surface area contributed by atoms with E-state index >= 15 is 0 Å². The zero-order chi connectivity index (χ0) is 15.7. The maximum atomic E-state index is 11.6. The van der Waals surface area contributed by atoms with Gasteiger partial charge in [0.2, 0.25) is 0 Å². The van der Waals surface area contributed by atoms with Crippen molar-refractivity contribution in [1.29, 1.82) is 0 Å². The number of aryl methyl sites for hydroxylation is 1. The molecule has 0 atom stereocenters. The third-order valence-electron chi connectivity index (χ3n) is 3.40. The van der Waals surface area contributed by atoms with Crippen molar-refractivity contribution in [3.63, 3.8) is 0 Å². The number of hydrogen-bond acceptors (Lipinski definition) is 3. The molecule has 112 valence electrons. The minimum atomic E-state index is -3.18. The maximum absolute atomic E-state index is 11.6. The van der Waals surface area contributed by atoms with E-state index < -0.39 is 9.84 Å². The molecule has 0 amide bonds. The van der Waals surface area contributed by atoms with Crippen LogP contribution in [0.25, 0.3) is 17.1 Å². The van der Waals surface area contributed by atoms with Crippen LogP contribution in [0.4, 0.5) is 0 Å². The molecule has 0 radical (unpaired) electrons. The Balaban J connectivity index is 2.10. The monoisotopic (exact) mass is 312 g/mol. The summed E-state index contributed by atoms with van der Waals surface area (Å²) in [4.78, 5) is 4.89. The van der Waals surface area contributed by atoms with E-state index in [1.54, 1.807) is 24.3 Å². The van der Waals surface area contributed by atoms with E-state index in [4.69, 9.17) is 0 Å². The normalized spacial score (nSPS) is 11.5. The number of sulfone groups is 1. The standard InChI is InChI=1S/C17H16N2O2S/c1-13-12-19(17(18-13)14-6-4-3-5-7-14)15-8-10-16(11-9-15)22(2,20)21/h3-12H,1-2H3. The summed E-state index contributed by atoms with van der Waals surface area (Å²) in [6, 6.07) is 16.7. The van der Waals surface area contributed by atoms with Crippen LogP contribution in [0.15, 0.2) is 65.7 Å². The summed E-state index contributed by atoms with van der Waals surface area (Å²) >= 11 is 0.